The normalized spacial score (nSPS) is 18.1. The van der Waals surface area contributed by atoms with Crippen LogP contribution < -0.4 is 0 Å². The zero-order valence-electron chi connectivity index (χ0n) is 7.61. The van der Waals surface area contributed by atoms with Crippen LogP contribution >= 0.6 is 11.6 Å². The van der Waals surface area contributed by atoms with Crippen molar-refractivity contribution in [2.24, 2.45) is 4.99 Å². The van der Waals surface area contributed by atoms with Gasteiger partial charge >= 0.3 is 0 Å². The van der Waals surface area contributed by atoms with Gasteiger partial charge in [-0.05, 0) is 18.2 Å². The Morgan fingerprint density at radius 3 is 2.86 bits per heavy atom. The van der Waals surface area contributed by atoms with Crippen molar-refractivity contribution >= 4 is 17.5 Å². The van der Waals surface area contributed by atoms with Gasteiger partial charge in [-0.15, -0.1) is 11.6 Å². The molecule has 0 saturated heterocycles. The summed E-state index contributed by atoms with van der Waals surface area (Å²) >= 11 is 5.57. The number of benzene rings is 1. The summed E-state index contributed by atoms with van der Waals surface area (Å²) in [5.74, 6) is 1.98. The SMILES string of the molecule is ClC/C=C1/CN=C(c2ccccc2)O1. The average molecular weight is 208 g/mol. The molecule has 0 saturated carbocycles. The molecule has 0 unspecified atom stereocenters. The van der Waals surface area contributed by atoms with Crippen molar-refractivity contribution < 1.29 is 4.74 Å². The van der Waals surface area contributed by atoms with E-state index in [2.05, 4.69) is 4.99 Å². The van der Waals surface area contributed by atoms with E-state index in [0.717, 1.165) is 11.3 Å². The fourth-order valence-electron chi connectivity index (χ4n) is 1.26. The first-order valence-electron chi connectivity index (χ1n) is 4.43. The van der Waals surface area contributed by atoms with Gasteiger partial charge in [0.05, 0.1) is 0 Å². The first-order chi connectivity index (χ1) is 6.90. The van der Waals surface area contributed by atoms with Crippen LogP contribution in [0.15, 0.2) is 47.2 Å². The lowest BCUT2D eigenvalue weighted by Crippen LogP contribution is -1.99. The summed E-state index contributed by atoms with van der Waals surface area (Å²) in [5, 5.41) is 0. The Kier molecular flexibility index (Phi) is 2.84. The summed E-state index contributed by atoms with van der Waals surface area (Å²) in [5.41, 5.74) is 1.01. The van der Waals surface area contributed by atoms with E-state index >= 15 is 0 Å². The number of aliphatic imine (C=N–C) groups is 1. The average Bonchev–Trinajstić information content (AvgIpc) is 2.68. The van der Waals surface area contributed by atoms with Gasteiger partial charge in [-0.1, -0.05) is 18.2 Å². The van der Waals surface area contributed by atoms with Crippen molar-refractivity contribution in [2.75, 3.05) is 12.4 Å². The second-order valence-corrected chi connectivity index (χ2v) is 3.22. The maximum atomic E-state index is 5.57. The van der Waals surface area contributed by atoms with E-state index in [1.54, 1.807) is 0 Å². The van der Waals surface area contributed by atoms with Gasteiger partial charge in [0.25, 0.3) is 0 Å². The molecular weight excluding hydrogens is 198 g/mol. The zero-order valence-corrected chi connectivity index (χ0v) is 8.37. The largest absolute Gasteiger partial charge is 0.441 e. The second-order valence-electron chi connectivity index (χ2n) is 2.91. The number of rotatable bonds is 2. The van der Waals surface area contributed by atoms with Gasteiger partial charge in [-0.2, -0.15) is 0 Å². The van der Waals surface area contributed by atoms with Crippen molar-refractivity contribution in [1.82, 2.24) is 0 Å². The highest BCUT2D eigenvalue weighted by molar-refractivity contribution is 6.19. The number of ether oxygens (including phenoxy) is 1. The van der Waals surface area contributed by atoms with Crippen molar-refractivity contribution in [3.8, 4) is 0 Å². The lowest BCUT2D eigenvalue weighted by Gasteiger charge is -2.01. The summed E-state index contributed by atoms with van der Waals surface area (Å²) in [7, 11) is 0. The second kappa shape index (κ2) is 4.29. The summed E-state index contributed by atoms with van der Waals surface area (Å²) < 4.78 is 5.51. The minimum Gasteiger partial charge on any atom is -0.441 e. The van der Waals surface area contributed by atoms with Gasteiger partial charge in [0.15, 0.2) is 0 Å². The van der Waals surface area contributed by atoms with Crippen LogP contribution in [0.1, 0.15) is 5.56 Å². The number of hydrogen-bond donors (Lipinski definition) is 0. The number of halogens is 1. The Balaban J connectivity index is 2.13. The number of nitrogens with zero attached hydrogens (tertiary/aromatic N) is 1. The molecule has 1 aromatic carbocycles. The van der Waals surface area contributed by atoms with Gasteiger partial charge in [-0.25, -0.2) is 4.99 Å². The van der Waals surface area contributed by atoms with Crippen molar-refractivity contribution in [3.63, 3.8) is 0 Å². The van der Waals surface area contributed by atoms with Crippen LogP contribution in [-0.4, -0.2) is 18.3 Å². The predicted octanol–water partition coefficient (Wildman–Crippen LogP) is 2.59. The van der Waals surface area contributed by atoms with Gasteiger partial charge in [0.1, 0.15) is 12.3 Å². The molecule has 1 heterocycles. The maximum absolute atomic E-state index is 5.57. The molecule has 0 spiro atoms. The minimum absolute atomic E-state index is 0.465. The predicted molar refractivity (Wildman–Crippen MR) is 57.7 cm³/mol. The van der Waals surface area contributed by atoms with Gasteiger partial charge in [-0.3, -0.25) is 0 Å². The van der Waals surface area contributed by atoms with E-state index in [1.165, 1.54) is 0 Å². The van der Waals surface area contributed by atoms with Crippen LogP contribution in [-0.2, 0) is 4.74 Å². The molecule has 0 amide bonds. The summed E-state index contributed by atoms with van der Waals surface area (Å²) in [4.78, 5) is 4.27. The van der Waals surface area contributed by atoms with Crippen LogP contribution in [0, 0.1) is 0 Å². The van der Waals surface area contributed by atoms with Gasteiger partial charge < -0.3 is 4.74 Å². The molecule has 0 bridgehead atoms. The zero-order chi connectivity index (χ0) is 9.80. The standard InChI is InChI=1S/C11H10ClNO/c12-7-6-10-8-13-11(14-10)9-4-2-1-3-5-9/h1-6H,7-8H2/b10-6-. The Morgan fingerprint density at radius 1 is 1.36 bits per heavy atom. The third-order valence-electron chi connectivity index (χ3n) is 1.93. The van der Waals surface area contributed by atoms with Gasteiger partial charge in [0.2, 0.25) is 5.90 Å². The number of alkyl halides is 1. The minimum atomic E-state index is 0.465. The summed E-state index contributed by atoms with van der Waals surface area (Å²) in [6.45, 7) is 0.594. The van der Waals surface area contributed by atoms with Crippen LogP contribution in [0.3, 0.4) is 0 Å². The molecule has 1 aliphatic heterocycles. The number of hydrogen-bond acceptors (Lipinski definition) is 2. The van der Waals surface area contributed by atoms with Crippen LogP contribution in [0.25, 0.3) is 0 Å². The quantitative estimate of drug-likeness (QED) is 0.684. The van der Waals surface area contributed by atoms with E-state index in [1.807, 2.05) is 36.4 Å². The molecule has 72 valence electrons. The van der Waals surface area contributed by atoms with Crippen molar-refractivity contribution in [2.45, 2.75) is 0 Å². The van der Waals surface area contributed by atoms with Crippen LogP contribution in [0.4, 0.5) is 0 Å². The molecule has 0 N–H and O–H groups in total. The van der Waals surface area contributed by atoms with Gasteiger partial charge in [0, 0.05) is 11.4 Å². The third kappa shape index (κ3) is 1.96. The fourth-order valence-corrected chi connectivity index (χ4v) is 1.43. The van der Waals surface area contributed by atoms with Crippen molar-refractivity contribution in [1.29, 1.82) is 0 Å². The highest BCUT2D eigenvalue weighted by Crippen LogP contribution is 2.14. The molecule has 3 heteroatoms. The molecule has 2 rings (SSSR count). The highest BCUT2D eigenvalue weighted by Gasteiger charge is 2.13. The monoisotopic (exact) mass is 207 g/mol. The molecular formula is C11H10ClNO. The first kappa shape index (κ1) is 9.28. The summed E-state index contributed by atoms with van der Waals surface area (Å²) in [6.07, 6.45) is 1.83. The van der Waals surface area contributed by atoms with E-state index in [9.17, 15) is 0 Å². The smallest absolute Gasteiger partial charge is 0.222 e. The Bertz CT molecular complexity index is 370. The molecule has 1 aromatic rings. The molecule has 0 radical (unpaired) electrons. The Morgan fingerprint density at radius 2 is 2.14 bits per heavy atom. The van der Waals surface area contributed by atoms with E-state index < -0.39 is 0 Å². The molecule has 14 heavy (non-hydrogen) atoms. The lowest BCUT2D eigenvalue weighted by molar-refractivity contribution is 0.438. The maximum Gasteiger partial charge on any atom is 0.222 e. The molecule has 0 atom stereocenters. The first-order valence-corrected chi connectivity index (χ1v) is 4.96. The van der Waals surface area contributed by atoms with E-state index in [4.69, 9.17) is 16.3 Å². The van der Waals surface area contributed by atoms with Crippen LogP contribution in [0.2, 0.25) is 0 Å². The van der Waals surface area contributed by atoms with Crippen molar-refractivity contribution in [3.05, 3.63) is 47.7 Å². The fraction of sp³-hybridized carbons (Fsp3) is 0.182. The molecule has 2 nitrogen and oxygen atoms in total. The topological polar surface area (TPSA) is 21.6 Å². The number of allylic oxidation sites excluding steroid dienone is 1. The Labute approximate surface area is 87.9 Å². The highest BCUT2D eigenvalue weighted by atomic mass is 35.5. The lowest BCUT2D eigenvalue weighted by atomic mass is 10.2. The van der Waals surface area contributed by atoms with E-state index in [-0.39, 0.29) is 0 Å². The molecule has 0 aromatic heterocycles. The third-order valence-corrected chi connectivity index (χ3v) is 2.09. The van der Waals surface area contributed by atoms with Crippen LogP contribution in [0.5, 0.6) is 0 Å². The van der Waals surface area contributed by atoms with E-state index in [0.29, 0.717) is 18.3 Å². The molecule has 0 fully saturated rings. The molecule has 1 aliphatic rings. The molecule has 0 aliphatic carbocycles. The summed E-state index contributed by atoms with van der Waals surface area (Å²) in [6, 6.07) is 9.84. The Hall–Kier alpha value is -1.28.